The second kappa shape index (κ2) is 5.58. The van der Waals surface area contributed by atoms with Crippen molar-refractivity contribution in [1.29, 1.82) is 0 Å². The molecule has 1 fully saturated rings. The molecule has 1 aliphatic heterocycles. The Hall–Kier alpha value is -1.13. The Balaban J connectivity index is 2.05. The molecule has 1 aromatic carbocycles. The van der Waals surface area contributed by atoms with Crippen LogP contribution in [0.15, 0.2) is 24.4 Å². The Labute approximate surface area is 132 Å². The molecule has 3 nitrogen and oxygen atoms in total. The topological polar surface area (TPSA) is 33.2 Å². The zero-order chi connectivity index (χ0) is 15.1. The number of fused-ring (bicyclic) bond motifs is 1. The number of hydrogen-bond acceptors (Lipinski definition) is 3. The maximum absolute atomic E-state index is 11.5. The Bertz CT molecular complexity index is 711. The van der Waals surface area contributed by atoms with Gasteiger partial charge in [0.2, 0.25) is 0 Å². The number of aromatic nitrogens is 1. The number of pyridine rings is 1. The molecular weight excluding hydrogens is 304 g/mol. The van der Waals surface area contributed by atoms with E-state index in [9.17, 15) is 4.21 Å². The summed E-state index contributed by atoms with van der Waals surface area (Å²) >= 11 is 6.07. The minimum atomic E-state index is -0.746. The van der Waals surface area contributed by atoms with E-state index in [-0.39, 0.29) is 5.25 Å². The van der Waals surface area contributed by atoms with Crippen molar-refractivity contribution in [3.05, 3.63) is 35.1 Å². The summed E-state index contributed by atoms with van der Waals surface area (Å²) in [4.78, 5) is 6.51. The van der Waals surface area contributed by atoms with Gasteiger partial charge in [-0.3, -0.25) is 4.21 Å². The summed E-state index contributed by atoms with van der Waals surface area (Å²) in [6, 6.07) is 6.28. The van der Waals surface area contributed by atoms with Gasteiger partial charge in [0.25, 0.3) is 0 Å². The number of nitrogens with zero attached hydrogens (tertiary/aromatic N) is 2. The van der Waals surface area contributed by atoms with E-state index in [4.69, 9.17) is 11.6 Å². The summed E-state index contributed by atoms with van der Waals surface area (Å²) in [5, 5.41) is 3.11. The zero-order valence-corrected chi connectivity index (χ0v) is 14.0. The molecule has 112 valence electrons. The van der Waals surface area contributed by atoms with E-state index in [1.807, 2.05) is 12.3 Å². The number of hydrogen-bond donors (Lipinski definition) is 0. The van der Waals surface area contributed by atoms with Crippen LogP contribution in [0.2, 0.25) is 5.15 Å². The lowest BCUT2D eigenvalue weighted by Gasteiger charge is -2.40. The van der Waals surface area contributed by atoms with E-state index >= 15 is 0 Å². The first-order valence-electron chi connectivity index (χ1n) is 7.12. The van der Waals surface area contributed by atoms with Crippen LogP contribution in [-0.2, 0) is 10.8 Å². The fourth-order valence-corrected chi connectivity index (χ4v) is 3.78. The third-order valence-electron chi connectivity index (χ3n) is 4.16. The highest BCUT2D eigenvalue weighted by molar-refractivity contribution is 7.85. The Kier molecular flexibility index (Phi) is 3.93. The molecule has 0 amide bonds. The maximum atomic E-state index is 11.5. The standard InChI is InChI=1S/C16H19ClN2OS/c1-10(2)12-4-5-15(19-8-11(9-19)21(3)20)14-7-18-16(17)6-13(12)14/h4-7,10-11H,8-9H2,1-3H3. The molecule has 0 aliphatic carbocycles. The predicted octanol–water partition coefficient (Wildman–Crippen LogP) is 3.58. The Morgan fingerprint density at radius 2 is 2.05 bits per heavy atom. The smallest absolute Gasteiger partial charge is 0.129 e. The number of halogens is 1. The van der Waals surface area contributed by atoms with E-state index in [2.05, 4.69) is 35.9 Å². The summed E-state index contributed by atoms with van der Waals surface area (Å²) in [5.41, 5.74) is 2.45. The van der Waals surface area contributed by atoms with Crippen LogP contribution in [-0.4, -0.2) is 33.8 Å². The van der Waals surface area contributed by atoms with Gasteiger partial charge in [-0.2, -0.15) is 0 Å². The van der Waals surface area contributed by atoms with Gasteiger partial charge < -0.3 is 4.90 Å². The van der Waals surface area contributed by atoms with Gasteiger partial charge in [0.15, 0.2) is 0 Å². The van der Waals surface area contributed by atoms with Crippen LogP contribution in [0.4, 0.5) is 5.69 Å². The number of benzene rings is 1. The summed E-state index contributed by atoms with van der Waals surface area (Å²) in [5.74, 6) is 0.437. The molecule has 2 aromatic rings. The van der Waals surface area contributed by atoms with Crippen molar-refractivity contribution in [3.8, 4) is 0 Å². The fraction of sp³-hybridized carbons (Fsp3) is 0.438. The molecule has 2 heterocycles. The van der Waals surface area contributed by atoms with Crippen molar-refractivity contribution < 1.29 is 4.21 Å². The molecule has 1 aliphatic rings. The largest absolute Gasteiger partial charge is 0.368 e. The van der Waals surface area contributed by atoms with Crippen LogP contribution in [0.1, 0.15) is 25.3 Å². The highest BCUT2D eigenvalue weighted by Gasteiger charge is 2.30. The minimum absolute atomic E-state index is 0.282. The monoisotopic (exact) mass is 322 g/mol. The minimum Gasteiger partial charge on any atom is -0.368 e. The predicted molar refractivity (Wildman–Crippen MR) is 90.9 cm³/mol. The molecule has 0 bridgehead atoms. The average molecular weight is 323 g/mol. The first kappa shape index (κ1) is 14.8. The van der Waals surface area contributed by atoms with Gasteiger partial charge in [0.1, 0.15) is 5.15 Å². The molecule has 1 aromatic heterocycles. The van der Waals surface area contributed by atoms with Gasteiger partial charge >= 0.3 is 0 Å². The SMILES string of the molecule is CC(C)c1ccc(N2CC(S(C)=O)C2)c2cnc(Cl)cc12. The van der Waals surface area contributed by atoms with Crippen LogP contribution >= 0.6 is 11.6 Å². The molecule has 0 saturated carbocycles. The second-order valence-corrected chi connectivity index (χ2v) is 7.96. The maximum Gasteiger partial charge on any atom is 0.129 e. The van der Waals surface area contributed by atoms with Crippen LogP contribution in [0.3, 0.4) is 0 Å². The highest BCUT2D eigenvalue weighted by atomic mass is 35.5. The molecular formula is C16H19ClN2OS. The molecule has 0 N–H and O–H groups in total. The number of rotatable bonds is 3. The van der Waals surface area contributed by atoms with Crippen LogP contribution in [0.25, 0.3) is 10.8 Å². The highest BCUT2D eigenvalue weighted by Crippen LogP contribution is 2.35. The van der Waals surface area contributed by atoms with Crippen molar-refractivity contribution in [1.82, 2.24) is 4.98 Å². The first-order valence-corrected chi connectivity index (χ1v) is 9.12. The van der Waals surface area contributed by atoms with E-state index < -0.39 is 10.8 Å². The zero-order valence-electron chi connectivity index (χ0n) is 12.5. The van der Waals surface area contributed by atoms with Gasteiger partial charge in [-0.1, -0.05) is 31.5 Å². The van der Waals surface area contributed by atoms with Crippen LogP contribution in [0, 0.1) is 0 Å². The Morgan fingerprint density at radius 3 is 2.67 bits per heavy atom. The number of anilines is 1. The summed E-state index contributed by atoms with van der Waals surface area (Å²) in [6.07, 6.45) is 3.64. The third-order valence-corrected chi connectivity index (χ3v) is 5.60. The van der Waals surface area contributed by atoms with Gasteiger partial charge in [-0.25, -0.2) is 4.98 Å². The molecule has 21 heavy (non-hydrogen) atoms. The Morgan fingerprint density at radius 1 is 1.33 bits per heavy atom. The van der Waals surface area contributed by atoms with E-state index in [1.54, 1.807) is 6.26 Å². The van der Waals surface area contributed by atoms with Crippen molar-refractivity contribution in [2.45, 2.75) is 25.0 Å². The van der Waals surface area contributed by atoms with Crippen molar-refractivity contribution in [2.24, 2.45) is 0 Å². The normalized spacial score (nSPS) is 17.3. The van der Waals surface area contributed by atoms with Crippen molar-refractivity contribution in [2.75, 3.05) is 24.2 Å². The summed E-state index contributed by atoms with van der Waals surface area (Å²) < 4.78 is 11.5. The van der Waals surface area contributed by atoms with E-state index in [1.165, 1.54) is 16.6 Å². The van der Waals surface area contributed by atoms with E-state index in [0.29, 0.717) is 11.1 Å². The lowest BCUT2D eigenvalue weighted by molar-refractivity contribution is 0.603. The molecule has 1 atom stereocenters. The fourth-order valence-electron chi connectivity index (χ4n) is 2.85. The quantitative estimate of drug-likeness (QED) is 0.810. The second-order valence-electron chi connectivity index (χ2n) is 5.91. The van der Waals surface area contributed by atoms with Crippen molar-refractivity contribution in [3.63, 3.8) is 0 Å². The van der Waals surface area contributed by atoms with Crippen molar-refractivity contribution >= 4 is 38.9 Å². The summed E-state index contributed by atoms with van der Waals surface area (Å²) in [7, 11) is -0.746. The lowest BCUT2D eigenvalue weighted by atomic mass is 9.95. The summed E-state index contributed by atoms with van der Waals surface area (Å²) in [6.45, 7) is 6.06. The first-order chi connectivity index (χ1) is 9.97. The molecule has 0 spiro atoms. The van der Waals surface area contributed by atoms with Gasteiger partial charge in [0, 0.05) is 47.4 Å². The molecule has 1 saturated heterocycles. The molecule has 0 radical (unpaired) electrons. The van der Waals surface area contributed by atoms with Crippen LogP contribution < -0.4 is 4.90 Å². The van der Waals surface area contributed by atoms with Gasteiger partial charge in [0.05, 0.1) is 5.25 Å². The molecule has 1 unspecified atom stereocenters. The molecule has 3 rings (SSSR count). The molecule has 5 heteroatoms. The van der Waals surface area contributed by atoms with Gasteiger partial charge in [-0.15, -0.1) is 0 Å². The van der Waals surface area contributed by atoms with E-state index in [0.717, 1.165) is 18.5 Å². The average Bonchev–Trinajstić information content (AvgIpc) is 2.35. The van der Waals surface area contributed by atoms with Crippen LogP contribution in [0.5, 0.6) is 0 Å². The third kappa shape index (κ3) is 2.67. The van der Waals surface area contributed by atoms with Gasteiger partial charge in [-0.05, 0) is 29.0 Å². The lowest BCUT2D eigenvalue weighted by Crippen LogP contribution is -2.52.